The molecule has 7 aromatic rings. The largest absolute Gasteiger partial charge is 0.543 e. The van der Waals surface area contributed by atoms with Gasteiger partial charge < -0.3 is 57.0 Å². The SMILES string of the molecule is C=CCO[C@H]1[C@@H](O[Si](C)(C)C(C)(C)C)[C@H](n2cnc3c(NC(c4ccccc4)(c4ccccc4)c4ccccc4)ncnc32)O[C@@H]1/C=C/C(=O)N(Cc1ccc(O[Si](C)(C)C(C)(C)C)cc1OC)c1cc(OCOC)c(OC)c(CC=C)c1OCOC. The number of methoxy groups -OCH3 is 4. The number of nitrogens with zero attached hydrogens (tertiary/aromatic N) is 5. The molecule has 0 aliphatic carbocycles. The van der Waals surface area contributed by atoms with Crippen molar-refractivity contribution >= 4 is 45.2 Å². The van der Waals surface area contributed by atoms with Crippen LogP contribution in [-0.4, -0.2) is 109 Å². The Morgan fingerprint density at radius 3 is 1.87 bits per heavy atom. The molecule has 5 aromatic carbocycles. The van der Waals surface area contributed by atoms with Crippen molar-refractivity contribution in [1.29, 1.82) is 0 Å². The molecule has 0 radical (unpaired) electrons. The van der Waals surface area contributed by atoms with Gasteiger partial charge in [0.1, 0.15) is 41.7 Å². The van der Waals surface area contributed by atoms with Gasteiger partial charge in [-0.05, 0) is 77.6 Å². The molecule has 87 heavy (non-hydrogen) atoms. The smallest absolute Gasteiger partial charge is 0.251 e. The molecule has 1 aliphatic rings. The lowest BCUT2D eigenvalue weighted by Crippen LogP contribution is -2.49. The molecule has 4 atom stereocenters. The van der Waals surface area contributed by atoms with E-state index in [0.29, 0.717) is 62.5 Å². The Balaban J connectivity index is 1.27. The Morgan fingerprint density at radius 1 is 0.713 bits per heavy atom. The van der Waals surface area contributed by atoms with Crippen LogP contribution in [0, 0.1) is 0 Å². The number of anilines is 2. The number of hydrogen-bond donors (Lipinski definition) is 1. The first-order chi connectivity index (χ1) is 41.6. The van der Waals surface area contributed by atoms with Crippen molar-refractivity contribution < 1.29 is 51.5 Å². The molecule has 1 aliphatic heterocycles. The zero-order valence-electron chi connectivity index (χ0n) is 52.9. The Hall–Kier alpha value is -7.63. The number of carbonyl (C=O) groups excluding carboxylic acids is 1. The maximum absolute atomic E-state index is 15.8. The Morgan fingerprint density at radius 2 is 1.32 bits per heavy atom. The topological polar surface area (TPSA) is 168 Å². The van der Waals surface area contributed by atoms with Crippen LogP contribution in [0.5, 0.6) is 28.7 Å². The molecule has 2 aromatic heterocycles. The van der Waals surface area contributed by atoms with Gasteiger partial charge in [-0.15, -0.1) is 13.2 Å². The molecule has 1 fully saturated rings. The molecule has 0 saturated carbocycles. The Kier molecular flexibility index (Phi) is 21.1. The Bertz CT molecular complexity index is 3380. The highest BCUT2D eigenvalue weighted by Gasteiger charge is 2.52. The molecule has 462 valence electrons. The Labute approximate surface area is 515 Å². The van der Waals surface area contributed by atoms with Crippen molar-refractivity contribution in [3.8, 4) is 28.7 Å². The van der Waals surface area contributed by atoms with Gasteiger partial charge in [-0.1, -0.05) is 145 Å². The fourth-order valence-corrected chi connectivity index (χ4v) is 12.5. The van der Waals surface area contributed by atoms with E-state index in [0.717, 1.165) is 16.7 Å². The molecule has 0 bridgehead atoms. The summed E-state index contributed by atoms with van der Waals surface area (Å²) < 4.78 is 65.6. The van der Waals surface area contributed by atoms with Crippen LogP contribution in [0.25, 0.3) is 11.2 Å². The lowest BCUT2D eigenvalue weighted by atomic mass is 9.77. The number of imidazole rings is 1. The molecule has 0 spiro atoms. The lowest BCUT2D eigenvalue weighted by molar-refractivity contribution is -0.114. The van der Waals surface area contributed by atoms with Gasteiger partial charge in [-0.3, -0.25) is 9.36 Å². The minimum absolute atomic E-state index is 0.0154. The van der Waals surface area contributed by atoms with Crippen LogP contribution in [0.1, 0.15) is 75.6 Å². The van der Waals surface area contributed by atoms with Crippen molar-refractivity contribution in [2.45, 2.75) is 121 Å². The second-order valence-electron chi connectivity index (χ2n) is 24.4. The van der Waals surface area contributed by atoms with Crippen LogP contribution in [0.4, 0.5) is 11.5 Å². The van der Waals surface area contributed by atoms with Crippen LogP contribution in [-0.2, 0) is 46.7 Å². The maximum atomic E-state index is 15.8. The predicted molar refractivity (Wildman–Crippen MR) is 347 cm³/mol. The number of benzene rings is 5. The first kappa shape index (κ1) is 65.4. The number of fused-ring (bicyclic) bond motifs is 1. The van der Waals surface area contributed by atoms with E-state index in [4.69, 9.17) is 61.7 Å². The summed E-state index contributed by atoms with van der Waals surface area (Å²) in [7, 11) is 1.28. The fourth-order valence-electron chi connectivity index (χ4n) is 10.2. The molecule has 1 saturated heterocycles. The standard InChI is InChI=1S/C68H86N6O11Si2/c1-17-28-52-59(82-46-77-10)53(41-56(60(52)79-12)81-45-76-9)73(42-47-35-36-51(40-55(47)78-11)84-86(13,14)66(3,4)5)57(75)38-37-54-61(80-39-18-2)62(85-87(15,16)67(6,7)8)65(83-54)74-44-71-58-63(69-43-70-64(58)74)72-68(48-29-22-19-23-30-48,49-31-24-20-25-32-49)50-33-26-21-27-34-50/h17-27,29-38,40-41,43-44,54,61-62,65H,1-2,28,39,42,45-46H2,3-16H3,(H,69,70,72)/b38-37+/t54-,61-,62-,65-/m1/s1. The molecule has 0 unspecified atom stereocenters. The first-order valence-electron chi connectivity index (χ1n) is 29.2. The number of nitrogens with one attached hydrogen (secondary N) is 1. The maximum Gasteiger partial charge on any atom is 0.251 e. The van der Waals surface area contributed by atoms with Crippen LogP contribution in [0.15, 0.2) is 165 Å². The van der Waals surface area contributed by atoms with Crippen LogP contribution >= 0.6 is 0 Å². The summed E-state index contributed by atoms with van der Waals surface area (Å²) in [5.74, 6) is 2.18. The minimum atomic E-state index is -2.64. The number of allylic oxidation sites excluding steroid dienone is 1. The molecule has 8 rings (SSSR count). The van der Waals surface area contributed by atoms with Gasteiger partial charge >= 0.3 is 0 Å². The molecule has 3 heterocycles. The van der Waals surface area contributed by atoms with Gasteiger partial charge in [-0.2, -0.15) is 0 Å². The zero-order chi connectivity index (χ0) is 62.7. The molecule has 17 nitrogen and oxygen atoms in total. The fraction of sp³-hybridized carbons (Fsp3) is 0.382. The van der Waals surface area contributed by atoms with E-state index in [9.17, 15) is 0 Å². The monoisotopic (exact) mass is 1220 g/mol. The van der Waals surface area contributed by atoms with Gasteiger partial charge in [0.05, 0.1) is 39.4 Å². The minimum Gasteiger partial charge on any atom is -0.543 e. The molecular weight excluding hydrogens is 1130 g/mol. The van der Waals surface area contributed by atoms with Crippen molar-refractivity contribution in [1.82, 2.24) is 19.5 Å². The number of rotatable bonds is 28. The number of aromatic nitrogens is 4. The van der Waals surface area contributed by atoms with Crippen molar-refractivity contribution in [2.75, 3.05) is 58.8 Å². The normalized spacial score (nSPS) is 16.6. The summed E-state index contributed by atoms with van der Waals surface area (Å²) in [6.45, 7) is 29.8. The summed E-state index contributed by atoms with van der Waals surface area (Å²) in [6, 6.07) is 38.3. The summed E-state index contributed by atoms with van der Waals surface area (Å²) in [4.78, 5) is 32.2. The zero-order valence-corrected chi connectivity index (χ0v) is 54.9. The van der Waals surface area contributed by atoms with Gasteiger partial charge in [0.2, 0.25) is 8.32 Å². The van der Waals surface area contributed by atoms with Crippen LogP contribution < -0.4 is 33.6 Å². The second kappa shape index (κ2) is 28.0. The highest BCUT2D eigenvalue weighted by Crippen LogP contribution is 2.49. The van der Waals surface area contributed by atoms with E-state index < -0.39 is 52.6 Å². The quantitative estimate of drug-likeness (QED) is 0.0162. The number of ether oxygens (including phenoxy) is 8. The van der Waals surface area contributed by atoms with Gasteiger partial charge in [0.15, 0.2) is 62.4 Å². The van der Waals surface area contributed by atoms with Crippen molar-refractivity contribution in [3.05, 3.63) is 193 Å². The number of amides is 1. The van der Waals surface area contributed by atoms with E-state index in [1.54, 1.807) is 42.6 Å². The van der Waals surface area contributed by atoms with Crippen LogP contribution in [0.2, 0.25) is 36.3 Å². The third kappa shape index (κ3) is 14.2. The van der Waals surface area contributed by atoms with E-state index >= 15 is 4.79 Å². The van der Waals surface area contributed by atoms with E-state index in [1.165, 1.54) is 33.7 Å². The summed E-state index contributed by atoms with van der Waals surface area (Å²) in [5, 5.41) is 3.62. The second-order valence-corrected chi connectivity index (χ2v) is 33.9. The summed E-state index contributed by atoms with van der Waals surface area (Å²) in [6.07, 6.45) is 6.85. The number of carbonyl (C=O) groups is 1. The first-order valence-corrected chi connectivity index (χ1v) is 35.0. The summed E-state index contributed by atoms with van der Waals surface area (Å²) in [5.41, 5.74) is 4.61. The lowest BCUT2D eigenvalue weighted by Gasteiger charge is -2.40. The highest BCUT2D eigenvalue weighted by atomic mass is 28.4. The van der Waals surface area contributed by atoms with Crippen molar-refractivity contribution in [2.24, 2.45) is 0 Å². The average Bonchev–Trinajstić information content (AvgIpc) is 2.24. The van der Waals surface area contributed by atoms with Gasteiger partial charge in [-0.25, -0.2) is 15.0 Å². The van der Waals surface area contributed by atoms with Crippen molar-refractivity contribution in [3.63, 3.8) is 0 Å². The third-order valence-corrected chi connectivity index (χ3v) is 25.5. The number of hydrogen-bond acceptors (Lipinski definition) is 15. The van der Waals surface area contributed by atoms with Gasteiger partial charge in [0.25, 0.3) is 5.91 Å². The molecule has 19 heteroatoms. The van der Waals surface area contributed by atoms with Crippen LogP contribution in [0.3, 0.4) is 0 Å². The van der Waals surface area contributed by atoms with Gasteiger partial charge in [0, 0.05) is 43.6 Å². The predicted octanol–water partition coefficient (Wildman–Crippen LogP) is 14.0. The summed E-state index contributed by atoms with van der Waals surface area (Å²) >= 11 is 0. The van der Waals surface area contributed by atoms with E-state index in [1.807, 2.05) is 77.4 Å². The highest BCUT2D eigenvalue weighted by molar-refractivity contribution is 6.75. The molecule has 1 N–H and O–H groups in total. The molecular formula is C68H86N6O11Si2. The van der Waals surface area contributed by atoms with E-state index in [2.05, 4.69) is 123 Å². The molecule has 1 amide bonds. The van der Waals surface area contributed by atoms with E-state index in [-0.39, 0.29) is 43.2 Å². The average molecular weight is 1220 g/mol. The third-order valence-electron chi connectivity index (χ3n) is 16.7.